The lowest BCUT2D eigenvalue weighted by Gasteiger charge is -2.01. The van der Waals surface area contributed by atoms with Crippen LogP contribution in [-0.4, -0.2) is 9.91 Å². The van der Waals surface area contributed by atoms with Gasteiger partial charge in [-0.3, -0.25) is 14.9 Å². The first-order chi connectivity index (χ1) is 6.43. The molecule has 1 N–H and O–H groups in total. The van der Waals surface area contributed by atoms with Crippen molar-refractivity contribution in [2.45, 2.75) is 6.43 Å². The van der Waals surface area contributed by atoms with E-state index in [4.69, 9.17) is 0 Å². The molecular formula is C6H3BrF2N2O3. The lowest BCUT2D eigenvalue weighted by Crippen LogP contribution is -2.10. The number of H-pyrrole nitrogens is 1. The van der Waals surface area contributed by atoms with Gasteiger partial charge in [0.2, 0.25) is 5.56 Å². The van der Waals surface area contributed by atoms with Crippen LogP contribution in [0.5, 0.6) is 0 Å². The molecule has 0 bridgehead atoms. The Kier molecular flexibility index (Phi) is 2.94. The fourth-order valence-electron chi connectivity index (χ4n) is 0.892. The Labute approximate surface area is 84.0 Å². The van der Waals surface area contributed by atoms with Crippen molar-refractivity contribution >= 4 is 21.6 Å². The molecule has 14 heavy (non-hydrogen) atoms. The second-order valence-electron chi connectivity index (χ2n) is 2.31. The molecule has 0 fully saturated rings. The highest BCUT2D eigenvalue weighted by atomic mass is 79.9. The fraction of sp³-hybridized carbons (Fsp3) is 0.167. The maximum absolute atomic E-state index is 12.3. The highest BCUT2D eigenvalue weighted by Gasteiger charge is 2.25. The van der Waals surface area contributed by atoms with E-state index in [9.17, 15) is 23.7 Å². The summed E-state index contributed by atoms with van der Waals surface area (Å²) in [6, 6.07) is 0.507. The van der Waals surface area contributed by atoms with Crippen molar-refractivity contribution in [3.63, 3.8) is 0 Å². The second kappa shape index (κ2) is 3.82. The van der Waals surface area contributed by atoms with Crippen LogP contribution >= 0.6 is 15.9 Å². The fourth-order valence-corrected chi connectivity index (χ4v) is 1.46. The third kappa shape index (κ3) is 1.95. The molecule has 1 aromatic heterocycles. The summed E-state index contributed by atoms with van der Waals surface area (Å²) in [5, 5.41) is 10.4. The summed E-state index contributed by atoms with van der Waals surface area (Å²) >= 11 is 2.64. The largest absolute Gasteiger partial charge is 0.311 e. The predicted molar refractivity (Wildman–Crippen MR) is 46.4 cm³/mol. The van der Waals surface area contributed by atoms with Crippen LogP contribution in [0.2, 0.25) is 0 Å². The number of nitro groups is 1. The van der Waals surface area contributed by atoms with E-state index in [0.29, 0.717) is 6.07 Å². The average molecular weight is 269 g/mol. The SMILES string of the molecule is O=c1cc(C(F)F)c([N+](=O)[O-])c(Br)[nH]1. The maximum atomic E-state index is 12.3. The van der Waals surface area contributed by atoms with E-state index >= 15 is 0 Å². The Bertz CT molecular complexity index is 432. The Morgan fingerprint density at radius 3 is 2.57 bits per heavy atom. The highest BCUT2D eigenvalue weighted by molar-refractivity contribution is 9.10. The molecule has 0 saturated carbocycles. The molecule has 0 saturated heterocycles. The van der Waals surface area contributed by atoms with Gasteiger partial charge in [0, 0.05) is 6.07 Å². The van der Waals surface area contributed by atoms with Gasteiger partial charge in [-0.2, -0.15) is 0 Å². The van der Waals surface area contributed by atoms with E-state index in [0.717, 1.165) is 0 Å². The summed E-state index contributed by atoms with van der Waals surface area (Å²) in [5.74, 6) is 0. The quantitative estimate of drug-likeness (QED) is 0.506. The molecule has 0 unspecified atom stereocenters. The van der Waals surface area contributed by atoms with Crippen LogP contribution in [0, 0.1) is 10.1 Å². The molecule has 0 aliphatic carbocycles. The number of nitrogens with zero attached hydrogens (tertiary/aromatic N) is 1. The standard InChI is InChI=1S/C6H3BrF2N2O3/c7-5-4(11(13)14)2(6(8)9)1-3(12)10-5/h1,6H,(H,10,12). The van der Waals surface area contributed by atoms with Crippen molar-refractivity contribution in [1.82, 2.24) is 4.98 Å². The highest BCUT2D eigenvalue weighted by Crippen LogP contribution is 2.31. The summed E-state index contributed by atoms with van der Waals surface area (Å²) in [4.78, 5) is 22.1. The van der Waals surface area contributed by atoms with Crippen molar-refractivity contribution in [3.8, 4) is 0 Å². The monoisotopic (exact) mass is 268 g/mol. The van der Waals surface area contributed by atoms with Crippen molar-refractivity contribution in [2.24, 2.45) is 0 Å². The van der Waals surface area contributed by atoms with Gasteiger partial charge in [0.1, 0.15) is 5.56 Å². The minimum atomic E-state index is -3.06. The van der Waals surface area contributed by atoms with Crippen LogP contribution < -0.4 is 5.56 Å². The van der Waals surface area contributed by atoms with Gasteiger partial charge in [-0.05, 0) is 15.9 Å². The zero-order valence-electron chi connectivity index (χ0n) is 6.46. The van der Waals surface area contributed by atoms with Gasteiger partial charge in [0.05, 0.1) is 4.92 Å². The molecule has 0 radical (unpaired) electrons. The Hall–Kier alpha value is -1.31. The first-order valence-electron chi connectivity index (χ1n) is 3.28. The summed E-state index contributed by atoms with van der Waals surface area (Å²) in [5.41, 5.74) is -2.54. The molecule has 0 aliphatic rings. The molecule has 8 heteroatoms. The smallest absolute Gasteiger partial charge is 0.308 e. The molecule has 0 spiro atoms. The van der Waals surface area contributed by atoms with Gasteiger partial charge < -0.3 is 4.98 Å². The zero-order valence-corrected chi connectivity index (χ0v) is 8.05. The van der Waals surface area contributed by atoms with Crippen LogP contribution in [0.25, 0.3) is 0 Å². The number of pyridine rings is 1. The van der Waals surface area contributed by atoms with Gasteiger partial charge in [0.25, 0.3) is 6.43 Å². The molecule has 0 aromatic carbocycles. The van der Waals surface area contributed by atoms with Crippen LogP contribution in [0.4, 0.5) is 14.5 Å². The molecule has 0 amide bonds. The topological polar surface area (TPSA) is 76.0 Å². The summed E-state index contributed by atoms with van der Waals surface area (Å²) in [7, 11) is 0. The number of hydrogen-bond acceptors (Lipinski definition) is 3. The normalized spacial score (nSPS) is 10.6. The molecule has 1 heterocycles. The number of hydrogen-bond donors (Lipinski definition) is 1. The molecule has 76 valence electrons. The predicted octanol–water partition coefficient (Wildman–Crippen LogP) is 1.98. The van der Waals surface area contributed by atoms with Crippen molar-refractivity contribution in [3.05, 3.63) is 36.7 Å². The van der Waals surface area contributed by atoms with Gasteiger partial charge in [-0.1, -0.05) is 0 Å². The molecule has 5 nitrogen and oxygen atoms in total. The molecule has 0 aliphatic heterocycles. The van der Waals surface area contributed by atoms with Gasteiger partial charge in [-0.15, -0.1) is 0 Å². The average Bonchev–Trinajstić information content (AvgIpc) is 2.01. The summed E-state index contributed by atoms with van der Waals surface area (Å²) in [6.45, 7) is 0. The first-order valence-corrected chi connectivity index (χ1v) is 4.08. The van der Waals surface area contributed by atoms with Gasteiger partial charge >= 0.3 is 5.69 Å². The molecule has 1 aromatic rings. The maximum Gasteiger partial charge on any atom is 0.308 e. The van der Waals surface area contributed by atoms with E-state index < -0.39 is 28.2 Å². The third-order valence-corrected chi connectivity index (χ3v) is 1.99. The lowest BCUT2D eigenvalue weighted by molar-refractivity contribution is -0.387. The summed E-state index contributed by atoms with van der Waals surface area (Å²) < 4.78 is 24.2. The first kappa shape index (κ1) is 10.8. The van der Waals surface area contributed by atoms with E-state index in [1.807, 2.05) is 4.98 Å². The number of aromatic nitrogens is 1. The molecule has 1 rings (SSSR count). The number of nitrogens with one attached hydrogen (secondary N) is 1. The second-order valence-corrected chi connectivity index (χ2v) is 3.10. The van der Waals surface area contributed by atoms with Crippen molar-refractivity contribution < 1.29 is 13.7 Å². The van der Waals surface area contributed by atoms with Gasteiger partial charge in [-0.25, -0.2) is 8.78 Å². The molecular weight excluding hydrogens is 266 g/mol. The number of aromatic amines is 1. The van der Waals surface area contributed by atoms with Gasteiger partial charge in [0.15, 0.2) is 4.60 Å². The minimum absolute atomic E-state index is 0.356. The Balaban J connectivity index is 3.52. The Morgan fingerprint density at radius 1 is 1.57 bits per heavy atom. The Morgan fingerprint density at radius 2 is 2.14 bits per heavy atom. The van der Waals surface area contributed by atoms with E-state index in [1.165, 1.54) is 0 Å². The van der Waals surface area contributed by atoms with Crippen LogP contribution in [-0.2, 0) is 0 Å². The third-order valence-electron chi connectivity index (χ3n) is 1.42. The lowest BCUT2D eigenvalue weighted by atomic mass is 10.2. The van der Waals surface area contributed by atoms with Crippen LogP contribution in [0.3, 0.4) is 0 Å². The number of rotatable bonds is 2. The van der Waals surface area contributed by atoms with Crippen LogP contribution in [0.15, 0.2) is 15.5 Å². The zero-order chi connectivity index (χ0) is 10.9. The number of halogens is 3. The van der Waals surface area contributed by atoms with Crippen molar-refractivity contribution in [2.75, 3.05) is 0 Å². The van der Waals surface area contributed by atoms with Crippen LogP contribution in [0.1, 0.15) is 12.0 Å². The van der Waals surface area contributed by atoms with E-state index in [-0.39, 0.29) is 4.60 Å². The number of alkyl halides is 2. The van der Waals surface area contributed by atoms with E-state index in [1.54, 1.807) is 0 Å². The minimum Gasteiger partial charge on any atom is -0.311 e. The summed E-state index contributed by atoms with van der Waals surface area (Å²) in [6.07, 6.45) is -3.06. The molecule has 0 atom stereocenters. The van der Waals surface area contributed by atoms with Crippen molar-refractivity contribution in [1.29, 1.82) is 0 Å². The van der Waals surface area contributed by atoms with E-state index in [2.05, 4.69) is 15.9 Å².